The van der Waals surface area contributed by atoms with Crippen molar-refractivity contribution in [1.29, 1.82) is 0 Å². The van der Waals surface area contributed by atoms with E-state index in [1.165, 1.54) is 57.4 Å². The number of hydrogen-bond acceptors (Lipinski definition) is 1. The minimum atomic E-state index is -1.27. The topological polar surface area (TPSA) is 9.23 Å². The average Bonchev–Trinajstić information content (AvgIpc) is 2.26. The predicted octanol–water partition coefficient (Wildman–Crippen LogP) is 5.61. The lowest BCUT2D eigenvalue weighted by Crippen LogP contribution is -2.27. The Kier molecular flexibility index (Phi) is 10.2. The number of hydrogen-bond donors (Lipinski definition) is 0. The van der Waals surface area contributed by atoms with Gasteiger partial charge in [0, 0.05) is 7.11 Å². The summed E-state index contributed by atoms with van der Waals surface area (Å²) >= 11 is 0. The summed E-state index contributed by atoms with van der Waals surface area (Å²) in [5.74, 6) is 0.885. The van der Waals surface area contributed by atoms with Gasteiger partial charge in [-0.15, -0.1) is 0 Å². The summed E-state index contributed by atoms with van der Waals surface area (Å²) in [5, 5.41) is 0. The maximum atomic E-state index is 5.56. The van der Waals surface area contributed by atoms with Crippen molar-refractivity contribution >= 4 is 8.32 Å². The normalized spacial score (nSPS) is 12.4. The molecule has 0 atom stereocenters. The molecule has 0 amide bonds. The lowest BCUT2D eigenvalue weighted by atomic mass is 10.0. The van der Waals surface area contributed by atoms with Gasteiger partial charge in [-0.1, -0.05) is 65.2 Å². The first kappa shape index (κ1) is 17.2. The summed E-state index contributed by atoms with van der Waals surface area (Å²) in [5.41, 5.74) is 0. The van der Waals surface area contributed by atoms with Crippen LogP contribution >= 0.6 is 0 Å². The Morgan fingerprint density at radius 1 is 0.824 bits per heavy atom. The Morgan fingerprint density at radius 2 is 1.29 bits per heavy atom. The van der Waals surface area contributed by atoms with Crippen molar-refractivity contribution in [2.45, 2.75) is 84.4 Å². The van der Waals surface area contributed by atoms with Gasteiger partial charge < -0.3 is 4.43 Å². The van der Waals surface area contributed by atoms with Crippen LogP contribution in [0.4, 0.5) is 0 Å². The average molecular weight is 259 g/mol. The lowest BCUT2D eigenvalue weighted by molar-refractivity contribution is 0.400. The van der Waals surface area contributed by atoms with Crippen LogP contribution in [0.15, 0.2) is 0 Å². The molecular weight excluding hydrogens is 224 g/mol. The Labute approximate surface area is 110 Å². The van der Waals surface area contributed by atoms with Crippen LogP contribution in [0.5, 0.6) is 0 Å². The van der Waals surface area contributed by atoms with E-state index in [2.05, 4.69) is 26.9 Å². The van der Waals surface area contributed by atoms with Gasteiger partial charge in [0.25, 0.3) is 0 Å². The van der Waals surface area contributed by atoms with Gasteiger partial charge in [0.15, 0.2) is 8.32 Å². The third-order valence-corrected chi connectivity index (χ3v) is 6.28. The Hall–Kier alpha value is 0.177. The third-order valence-electron chi connectivity index (χ3n) is 3.61. The quantitative estimate of drug-likeness (QED) is 0.345. The molecule has 0 aromatic rings. The first-order valence-electron chi connectivity index (χ1n) is 7.53. The van der Waals surface area contributed by atoms with Crippen molar-refractivity contribution in [2.75, 3.05) is 7.11 Å². The number of unbranched alkanes of at least 4 members (excludes halogenated alkanes) is 6. The second-order valence-electron chi connectivity index (χ2n) is 6.37. The van der Waals surface area contributed by atoms with Gasteiger partial charge in [-0.05, 0) is 25.1 Å². The maximum Gasteiger partial charge on any atom is 0.186 e. The Balaban J connectivity index is 3.14. The van der Waals surface area contributed by atoms with E-state index in [0.717, 1.165) is 5.92 Å². The first-order chi connectivity index (χ1) is 7.98. The fraction of sp³-hybridized carbons (Fsp3) is 1.00. The highest BCUT2D eigenvalue weighted by atomic mass is 28.4. The molecule has 2 heteroatoms. The molecule has 0 radical (unpaired) electrons. The summed E-state index contributed by atoms with van der Waals surface area (Å²) in [6.07, 6.45) is 11.4. The monoisotopic (exact) mass is 258 g/mol. The van der Waals surface area contributed by atoms with Crippen LogP contribution in [0.2, 0.25) is 19.1 Å². The molecule has 0 bridgehead atoms. The zero-order valence-electron chi connectivity index (χ0n) is 12.8. The lowest BCUT2D eigenvalue weighted by Gasteiger charge is -2.19. The van der Waals surface area contributed by atoms with Gasteiger partial charge in [-0.25, -0.2) is 0 Å². The summed E-state index contributed by atoms with van der Waals surface area (Å²) in [7, 11) is 0.605. The van der Waals surface area contributed by atoms with Crippen LogP contribution in [0, 0.1) is 5.92 Å². The first-order valence-corrected chi connectivity index (χ1v) is 10.6. The number of rotatable bonds is 11. The molecule has 104 valence electrons. The van der Waals surface area contributed by atoms with Gasteiger partial charge in [0.2, 0.25) is 0 Å². The molecule has 0 saturated heterocycles. The molecule has 0 rings (SSSR count). The van der Waals surface area contributed by atoms with Crippen LogP contribution in [0.25, 0.3) is 0 Å². The van der Waals surface area contributed by atoms with E-state index in [9.17, 15) is 0 Å². The molecule has 0 N–H and O–H groups in total. The molecule has 0 aromatic carbocycles. The molecule has 0 aliphatic rings. The van der Waals surface area contributed by atoms with Gasteiger partial charge in [-0.2, -0.15) is 0 Å². The zero-order chi connectivity index (χ0) is 13.1. The fourth-order valence-corrected chi connectivity index (χ4v) is 3.39. The molecule has 0 aliphatic heterocycles. The van der Waals surface area contributed by atoms with Crippen LogP contribution < -0.4 is 0 Å². The Bertz CT molecular complexity index is 166. The van der Waals surface area contributed by atoms with E-state index in [1.54, 1.807) is 0 Å². The minimum Gasteiger partial charge on any atom is -0.420 e. The fourth-order valence-electron chi connectivity index (χ4n) is 2.09. The largest absolute Gasteiger partial charge is 0.420 e. The second-order valence-corrected chi connectivity index (χ2v) is 10.8. The van der Waals surface area contributed by atoms with E-state index < -0.39 is 8.32 Å². The van der Waals surface area contributed by atoms with E-state index in [1.807, 2.05) is 7.11 Å². The molecule has 0 spiro atoms. The standard InChI is InChI=1S/C15H34OSi/c1-15(2)13-11-9-7-6-8-10-12-14-17(4,5)16-3/h15H,6-14H2,1-5H3. The highest BCUT2D eigenvalue weighted by Gasteiger charge is 2.18. The molecule has 0 heterocycles. The van der Waals surface area contributed by atoms with Gasteiger partial charge in [0.1, 0.15) is 0 Å². The van der Waals surface area contributed by atoms with Gasteiger partial charge >= 0.3 is 0 Å². The summed E-state index contributed by atoms with van der Waals surface area (Å²) in [4.78, 5) is 0. The second kappa shape index (κ2) is 10.1. The van der Waals surface area contributed by atoms with Crippen molar-refractivity contribution < 1.29 is 4.43 Å². The Morgan fingerprint density at radius 3 is 1.76 bits per heavy atom. The molecule has 0 aromatic heterocycles. The predicted molar refractivity (Wildman–Crippen MR) is 81.1 cm³/mol. The summed E-state index contributed by atoms with van der Waals surface area (Å²) in [6, 6.07) is 1.33. The van der Waals surface area contributed by atoms with Crippen molar-refractivity contribution in [3.8, 4) is 0 Å². The molecule has 0 unspecified atom stereocenters. The maximum absolute atomic E-state index is 5.56. The van der Waals surface area contributed by atoms with Crippen molar-refractivity contribution in [2.24, 2.45) is 5.92 Å². The highest BCUT2D eigenvalue weighted by molar-refractivity contribution is 6.71. The van der Waals surface area contributed by atoms with Crippen molar-refractivity contribution in [3.05, 3.63) is 0 Å². The highest BCUT2D eigenvalue weighted by Crippen LogP contribution is 2.17. The van der Waals surface area contributed by atoms with Gasteiger partial charge in [0.05, 0.1) is 0 Å². The molecule has 0 saturated carbocycles. The molecule has 1 nitrogen and oxygen atoms in total. The van der Waals surface area contributed by atoms with E-state index in [0.29, 0.717) is 0 Å². The van der Waals surface area contributed by atoms with Crippen LogP contribution in [0.3, 0.4) is 0 Å². The minimum absolute atomic E-state index is 0.885. The summed E-state index contributed by atoms with van der Waals surface area (Å²) < 4.78 is 5.56. The SMILES string of the molecule is CO[Si](C)(C)CCCCCCCCCC(C)C. The van der Waals surface area contributed by atoms with Crippen molar-refractivity contribution in [1.82, 2.24) is 0 Å². The van der Waals surface area contributed by atoms with Crippen LogP contribution in [-0.2, 0) is 4.43 Å². The summed E-state index contributed by atoms with van der Waals surface area (Å²) in [6.45, 7) is 9.28. The zero-order valence-corrected chi connectivity index (χ0v) is 13.8. The molecule has 17 heavy (non-hydrogen) atoms. The van der Waals surface area contributed by atoms with Crippen LogP contribution in [0.1, 0.15) is 65.2 Å². The molecular formula is C15H34OSi. The van der Waals surface area contributed by atoms with Crippen LogP contribution in [-0.4, -0.2) is 15.4 Å². The van der Waals surface area contributed by atoms with E-state index >= 15 is 0 Å². The molecule has 0 aliphatic carbocycles. The third kappa shape index (κ3) is 12.4. The van der Waals surface area contributed by atoms with Gasteiger partial charge in [-0.3, -0.25) is 0 Å². The van der Waals surface area contributed by atoms with E-state index in [-0.39, 0.29) is 0 Å². The van der Waals surface area contributed by atoms with E-state index in [4.69, 9.17) is 4.43 Å². The van der Waals surface area contributed by atoms with Crippen molar-refractivity contribution in [3.63, 3.8) is 0 Å². The smallest absolute Gasteiger partial charge is 0.186 e. The molecule has 0 fully saturated rings.